The molecule has 0 amide bonds. The SMILES string of the molecule is CC1(C)O[C@H]2O[C@H]([C@H]3COC(C)(C)O3)[C@H](O[C@@H]3C=C[C@H](O)[C@@H](COCc4ccccc4)O3)[C@H]2O1. The molecule has 3 fully saturated rings. The molecule has 1 aromatic carbocycles. The lowest BCUT2D eigenvalue weighted by Gasteiger charge is -2.34. The number of hydrogen-bond acceptors (Lipinski definition) is 9. The molecule has 0 bridgehead atoms. The van der Waals surface area contributed by atoms with E-state index in [1.807, 2.05) is 58.0 Å². The van der Waals surface area contributed by atoms with E-state index in [1.54, 1.807) is 12.2 Å². The van der Waals surface area contributed by atoms with Crippen molar-refractivity contribution in [2.45, 2.75) is 95.1 Å². The Balaban J connectivity index is 1.23. The summed E-state index contributed by atoms with van der Waals surface area (Å²) in [5.74, 6) is -1.49. The highest BCUT2D eigenvalue weighted by molar-refractivity contribution is 5.13. The van der Waals surface area contributed by atoms with Crippen molar-refractivity contribution in [3.8, 4) is 0 Å². The van der Waals surface area contributed by atoms with Crippen LogP contribution < -0.4 is 0 Å². The minimum Gasteiger partial charge on any atom is -0.386 e. The van der Waals surface area contributed by atoms with Gasteiger partial charge in [0.1, 0.15) is 36.6 Å². The molecule has 5 rings (SSSR count). The van der Waals surface area contributed by atoms with Crippen molar-refractivity contribution in [1.29, 1.82) is 0 Å². The maximum atomic E-state index is 10.4. The second-order valence-corrected chi connectivity index (χ2v) is 9.96. The Labute approximate surface area is 199 Å². The summed E-state index contributed by atoms with van der Waals surface area (Å²) in [6.07, 6.45) is -1.09. The van der Waals surface area contributed by atoms with Gasteiger partial charge in [-0.2, -0.15) is 0 Å². The molecule has 0 spiro atoms. The van der Waals surface area contributed by atoms with Gasteiger partial charge in [-0.25, -0.2) is 0 Å². The molecule has 8 atom stereocenters. The summed E-state index contributed by atoms with van der Waals surface area (Å²) in [5.41, 5.74) is 1.05. The monoisotopic (exact) mass is 478 g/mol. The second-order valence-electron chi connectivity index (χ2n) is 9.96. The first kappa shape index (κ1) is 24.3. The van der Waals surface area contributed by atoms with Crippen molar-refractivity contribution in [3.05, 3.63) is 48.0 Å². The highest BCUT2D eigenvalue weighted by Gasteiger charge is 2.59. The molecule has 34 heavy (non-hydrogen) atoms. The number of aliphatic hydroxyl groups is 1. The Morgan fingerprint density at radius 1 is 0.941 bits per heavy atom. The fourth-order valence-corrected chi connectivity index (χ4v) is 4.70. The van der Waals surface area contributed by atoms with Crippen LogP contribution in [0.25, 0.3) is 0 Å². The number of ether oxygens (including phenoxy) is 8. The van der Waals surface area contributed by atoms with Crippen molar-refractivity contribution in [3.63, 3.8) is 0 Å². The Kier molecular flexibility index (Phi) is 6.84. The van der Waals surface area contributed by atoms with E-state index in [0.29, 0.717) is 13.2 Å². The lowest BCUT2D eigenvalue weighted by atomic mass is 10.1. The van der Waals surface area contributed by atoms with Gasteiger partial charge in [0.2, 0.25) is 0 Å². The summed E-state index contributed by atoms with van der Waals surface area (Å²) < 4.78 is 48.2. The fraction of sp³-hybridized carbons (Fsp3) is 0.680. The van der Waals surface area contributed by atoms with Crippen LogP contribution in [0.4, 0.5) is 0 Å². The number of rotatable bonds is 7. The van der Waals surface area contributed by atoms with Crippen LogP contribution in [0.15, 0.2) is 42.5 Å². The Morgan fingerprint density at radius 3 is 2.47 bits per heavy atom. The first-order valence-corrected chi connectivity index (χ1v) is 11.8. The van der Waals surface area contributed by atoms with Crippen LogP contribution in [0.1, 0.15) is 33.3 Å². The summed E-state index contributed by atoms with van der Waals surface area (Å²) >= 11 is 0. The normalized spacial score (nSPS) is 40.5. The lowest BCUT2D eigenvalue weighted by molar-refractivity contribution is -0.260. The van der Waals surface area contributed by atoms with E-state index in [2.05, 4.69) is 0 Å². The van der Waals surface area contributed by atoms with Crippen LogP contribution >= 0.6 is 0 Å². The van der Waals surface area contributed by atoms with E-state index in [0.717, 1.165) is 5.56 Å². The largest absolute Gasteiger partial charge is 0.386 e. The number of benzene rings is 1. The molecule has 9 heteroatoms. The molecule has 4 aliphatic rings. The van der Waals surface area contributed by atoms with Gasteiger partial charge in [0.15, 0.2) is 24.2 Å². The molecule has 188 valence electrons. The molecule has 0 aliphatic carbocycles. The molecule has 0 radical (unpaired) electrons. The first-order valence-electron chi connectivity index (χ1n) is 11.8. The van der Waals surface area contributed by atoms with Crippen LogP contribution in [-0.4, -0.2) is 79.1 Å². The van der Waals surface area contributed by atoms with Gasteiger partial charge in [-0.1, -0.05) is 36.4 Å². The van der Waals surface area contributed by atoms with Gasteiger partial charge in [-0.3, -0.25) is 0 Å². The molecule has 4 aliphatic heterocycles. The van der Waals surface area contributed by atoms with Gasteiger partial charge in [0.05, 0.1) is 19.8 Å². The van der Waals surface area contributed by atoms with Gasteiger partial charge in [0, 0.05) is 0 Å². The van der Waals surface area contributed by atoms with Crippen molar-refractivity contribution in [2.75, 3.05) is 13.2 Å². The van der Waals surface area contributed by atoms with E-state index in [-0.39, 0.29) is 12.7 Å². The summed E-state index contributed by atoms with van der Waals surface area (Å²) in [6, 6.07) is 9.85. The molecule has 3 saturated heterocycles. The van der Waals surface area contributed by atoms with E-state index < -0.39 is 54.7 Å². The summed E-state index contributed by atoms with van der Waals surface area (Å²) in [7, 11) is 0. The van der Waals surface area contributed by atoms with Gasteiger partial charge in [-0.05, 0) is 39.3 Å². The molecule has 9 nitrogen and oxygen atoms in total. The summed E-state index contributed by atoms with van der Waals surface area (Å²) in [5, 5.41) is 10.4. The third kappa shape index (κ3) is 5.38. The predicted molar refractivity (Wildman–Crippen MR) is 118 cm³/mol. The van der Waals surface area contributed by atoms with Crippen LogP contribution in [0.5, 0.6) is 0 Å². The van der Waals surface area contributed by atoms with Gasteiger partial charge in [-0.15, -0.1) is 0 Å². The zero-order chi connectivity index (χ0) is 23.9. The van der Waals surface area contributed by atoms with Gasteiger partial charge in [0.25, 0.3) is 0 Å². The van der Waals surface area contributed by atoms with Crippen LogP contribution in [0.3, 0.4) is 0 Å². The molecule has 0 aromatic heterocycles. The fourth-order valence-electron chi connectivity index (χ4n) is 4.70. The lowest BCUT2D eigenvalue weighted by Crippen LogP contribution is -2.48. The van der Waals surface area contributed by atoms with Crippen LogP contribution in [0, 0.1) is 0 Å². The summed E-state index contributed by atoms with van der Waals surface area (Å²) in [4.78, 5) is 0. The highest BCUT2D eigenvalue weighted by atomic mass is 16.9. The van der Waals surface area contributed by atoms with E-state index in [4.69, 9.17) is 37.9 Å². The standard InChI is InChI=1S/C25H34O9/c1-24(2)28-14-18(32-24)20-21(22-23(31-20)34-25(3,4)33-22)30-19-11-10-16(26)17(29-19)13-27-12-15-8-6-5-7-9-15/h5-11,16-23,26H,12-14H2,1-4H3/t16-,17+,18+,19+,20+,21-,22+,23+/m0/s1. The third-order valence-corrected chi connectivity index (χ3v) is 6.26. The summed E-state index contributed by atoms with van der Waals surface area (Å²) in [6.45, 7) is 8.43. The minimum atomic E-state index is -0.795. The molecular weight excluding hydrogens is 444 g/mol. The van der Waals surface area contributed by atoms with E-state index in [9.17, 15) is 5.11 Å². The van der Waals surface area contributed by atoms with Gasteiger partial charge >= 0.3 is 0 Å². The quantitative estimate of drug-likeness (QED) is 0.592. The zero-order valence-electron chi connectivity index (χ0n) is 20.0. The van der Waals surface area contributed by atoms with Crippen molar-refractivity contribution in [2.24, 2.45) is 0 Å². The van der Waals surface area contributed by atoms with Crippen LogP contribution in [-0.2, 0) is 44.5 Å². The molecule has 1 N–H and O–H groups in total. The smallest absolute Gasteiger partial charge is 0.190 e. The number of aliphatic hydroxyl groups excluding tert-OH is 1. The van der Waals surface area contributed by atoms with Crippen molar-refractivity contribution < 1.29 is 43.0 Å². The maximum absolute atomic E-state index is 10.4. The van der Waals surface area contributed by atoms with E-state index in [1.165, 1.54) is 0 Å². The molecule has 0 unspecified atom stereocenters. The first-order chi connectivity index (χ1) is 16.2. The number of fused-ring (bicyclic) bond motifs is 1. The average molecular weight is 479 g/mol. The predicted octanol–water partition coefficient (Wildman–Crippen LogP) is 2.26. The Bertz CT molecular complexity index is 857. The Morgan fingerprint density at radius 2 is 1.74 bits per heavy atom. The van der Waals surface area contributed by atoms with Crippen LogP contribution in [0.2, 0.25) is 0 Å². The molecule has 0 saturated carbocycles. The second kappa shape index (κ2) is 9.57. The third-order valence-electron chi connectivity index (χ3n) is 6.26. The average Bonchev–Trinajstić information content (AvgIpc) is 3.40. The van der Waals surface area contributed by atoms with Crippen molar-refractivity contribution in [1.82, 2.24) is 0 Å². The highest BCUT2D eigenvalue weighted by Crippen LogP contribution is 2.42. The van der Waals surface area contributed by atoms with E-state index >= 15 is 0 Å². The topological polar surface area (TPSA) is 94.1 Å². The zero-order valence-corrected chi connectivity index (χ0v) is 20.0. The maximum Gasteiger partial charge on any atom is 0.190 e. The Hall–Kier alpha value is -1.40. The number of hydrogen-bond donors (Lipinski definition) is 1. The molecule has 1 aromatic rings. The van der Waals surface area contributed by atoms with Crippen molar-refractivity contribution >= 4 is 0 Å². The minimum absolute atomic E-state index is 0.220. The molecular formula is C25H34O9. The molecule has 4 heterocycles. The van der Waals surface area contributed by atoms with Gasteiger partial charge < -0.3 is 43.0 Å².